The Hall–Kier alpha value is -0.520. The summed E-state index contributed by atoms with van der Waals surface area (Å²) in [7, 11) is 0. The summed E-state index contributed by atoms with van der Waals surface area (Å²) < 4.78 is 0. The second-order valence-corrected chi connectivity index (χ2v) is 1.05. The zero-order valence-electron chi connectivity index (χ0n) is 4.31. The number of hydrogen-bond donors (Lipinski definition) is 0. The molecule has 0 heterocycles. The van der Waals surface area contributed by atoms with E-state index in [0.717, 1.165) is 0 Å². The van der Waals surface area contributed by atoms with Crippen molar-refractivity contribution in [2.45, 2.75) is 13.8 Å². The van der Waals surface area contributed by atoms with Crippen molar-refractivity contribution in [3.05, 3.63) is 24.3 Å². The van der Waals surface area contributed by atoms with E-state index in [2.05, 4.69) is 0 Å². The van der Waals surface area contributed by atoms with Crippen LogP contribution in [0.1, 0.15) is 13.8 Å². The van der Waals surface area contributed by atoms with Gasteiger partial charge in [0.15, 0.2) is 0 Å². The van der Waals surface area contributed by atoms with Crippen LogP contribution in [0.25, 0.3) is 0 Å². The van der Waals surface area contributed by atoms with Gasteiger partial charge in [-0.05, 0) is 13.8 Å². The summed E-state index contributed by atoms with van der Waals surface area (Å²) in [5, 5.41) is 0. The lowest BCUT2D eigenvalue weighted by atomic mass is 10.5. The zero-order valence-corrected chi connectivity index (χ0v) is 4.31. The first-order valence-corrected chi connectivity index (χ1v) is 2.15. The van der Waals surface area contributed by atoms with E-state index in [4.69, 9.17) is 0 Å². The molecule has 0 aromatic heterocycles. The van der Waals surface area contributed by atoms with E-state index < -0.39 is 0 Å². The molecule has 0 aromatic carbocycles. The lowest BCUT2D eigenvalue weighted by Gasteiger charge is -1.62. The molecule has 6 heavy (non-hydrogen) atoms. The van der Waals surface area contributed by atoms with E-state index in [9.17, 15) is 0 Å². The Bertz CT molecular complexity index is 48.4. The Morgan fingerprint density at radius 3 is 1.33 bits per heavy atom. The predicted molar refractivity (Wildman–Crippen MR) is 29.6 cm³/mol. The van der Waals surface area contributed by atoms with Crippen LogP contribution in [0.5, 0.6) is 0 Å². The molecule has 0 N–H and O–H groups in total. The second kappa shape index (κ2) is 4.48. The van der Waals surface area contributed by atoms with Crippen molar-refractivity contribution in [3.63, 3.8) is 0 Å². The maximum Gasteiger partial charge on any atom is -0.0467 e. The minimum absolute atomic E-state index is 2.00. The number of allylic oxidation sites excluding steroid dienone is 4. The molecule has 0 aliphatic heterocycles. The largest absolute Gasteiger partial charge is 0.0877 e. The topological polar surface area (TPSA) is 0 Å². The fraction of sp³-hybridized carbons (Fsp3) is 0.333. The Morgan fingerprint density at radius 1 is 0.833 bits per heavy atom. The molecular weight excluding hydrogens is 72.1 g/mol. The third-order valence-corrected chi connectivity index (χ3v) is 0.496. The molecule has 0 bridgehead atoms. The average Bonchev–Trinajstić information content (AvgIpc) is 1.61. The maximum absolute atomic E-state index is 2.00. The van der Waals surface area contributed by atoms with Gasteiger partial charge in [-0.3, -0.25) is 0 Å². The molecule has 0 radical (unpaired) electrons. The SMILES string of the molecule is C/C=C\C=C\C. The molecule has 0 heteroatoms. The second-order valence-electron chi connectivity index (χ2n) is 1.05. The quantitative estimate of drug-likeness (QED) is 0.425. The Kier molecular flexibility index (Phi) is 4.09. The van der Waals surface area contributed by atoms with E-state index in [1.54, 1.807) is 0 Å². The molecule has 0 unspecified atom stereocenters. The Morgan fingerprint density at radius 2 is 1.17 bits per heavy atom. The van der Waals surface area contributed by atoms with Gasteiger partial charge in [-0.15, -0.1) is 0 Å². The van der Waals surface area contributed by atoms with Crippen molar-refractivity contribution in [3.8, 4) is 0 Å². The van der Waals surface area contributed by atoms with E-state index >= 15 is 0 Å². The van der Waals surface area contributed by atoms with E-state index in [1.807, 2.05) is 38.2 Å². The minimum Gasteiger partial charge on any atom is -0.0877 e. The molecule has 0 aromatic rings. The van der Waals surface area contributed by atoms with Crippen LogP contribution in [0.2, 0.25) is 0 Å². The fourth-order valence-electron chi connectivity index (χ4n) is 0.222. The molecule has 0 aliphatic rings. The van der Waals surface area contributed by atoms with Crippen LogP contribution in [-0.4, -0.2) is 0 Å². The van der Waals surface area contributed by atoms with Gasteiger partial charge in [0.05, 0.1) is 0 Å². The smallest absolute Gasteiger partial charge is 0.0467 e. The van der Waals surface area contributed by atoms with Gasteiger partial charge in [0.1, 0.15) is 0 Å². The van der Waals surface area contributed by atoms with Crippen molar-refractivity contribution in [2.24, 2.45) is 0 Å². The summed E-state index contributed by atoms with van der Waals surface area (Å²) >= 11 is 0. The first-order valence-electron chi connectivity index (χ1n) is 2.15. The average molecular weight is 82.1 g/mol. The lowest BCUT2D eigenvalue weighted by Crippen LogP contribution is -1.40. The van der Waals surface area contributed by atoms with Gasteiger partial charge >= 0.3 is 0 Å². The van der Waals surface area contributed by atoms with Crippen molar-refractivity contribution in [1.29, 1.82) is 0 Å². The normalized spacial score (nSPS) is 11.7. The summed E-state index contributed by atoms with van der Waals surface area (Å²) in [4.78, 5) is 0. The highest BCUT2D eigenvalue weighted by molar-refractivity contribution is 4.98. The molecule has 0 saturated carbocycles. The molecule has 0 nitrogen and oxygen atoms in total. The summed E-state index contributed by atoms with van der Waals surface area (Å²) in [6, 6.07) is 0. The van der Waals surface area contributed by atoms with Crippen LogP contribution in [0, 0.1) is 0 Å². The number of rotatable bonds is 1. The van der Waals surface area contributed by atoms with Crippen LogP contribution >= 0.6 is 0 Å². The Balaban J connectivity index is 3.07. The van der Waals surface area contributed by atoms with Gasteiger partial charge < -0.3 is 0 Å². The lowest BCUT2D eigenvalue weighted by molar-refractivity contribution is 1.69. The van der Waals surface area contributed by atoms with Crippen LogP contribution in [0.15, 0.2) is 24.3 Å². The molecule has 0 atom stereocenters. The van der Waals surface area contributed by atoms with E-state index in [-0.39, 0.29) is 0 Å². The van der Waals surface area contributed by atoms with E-state index in [0.29, 0.717) is 0 Å². The van der Waals surface area contributed by atoms with Crippen molar-refractivity contribution in [2.75, 3.05) is 0 Å². The van der Waals surface area contributed by atoms with Crippen molar-refractivity contribution >= 4 is 0 Å². The van der Waals surface area contributed by atoms with Gasteiger partial charge in [-0.2, -0.15) is 0 Å². The maximum atomic E-state index is 2.00. The molecule has 0 amide bonds. The fourth-order valence-corrected chi connectivity index (χ4v) is 0.222. The highest BCUT2D eigenvalue weighted by Gasteiger charge is 1.48. The van der Waals surface area contributed by atoms with Crippen LogP contribution < -0.4 is 0 Å². The van der Waals surface area contributed by atoms with Crippen LogP contribution in [0.3, 0.4) is 0 Å². The zero-order chi connectivity index (χ0) is 4.83. The molecule has 0 aliphatic carbocycles. The van der Waals surface area contributed by atoms with Crippen LogP contribution in [0.4, 0.5) is 0 Å². The summed E-state index contributed by atoms with van der Waals surface area (Å²) in [6.07, 6.45) is 8.00. The molecular formula is C6H10. The summed E-state index contributed by atoms with van der Waals surface area (Å²) in [5.74, 6) is 0. The standard InChI is InChI=1S/C6H10/c1-3-5-6-4-2/h3-6H,1-2H3/b5-3-,6-4+. The van der Waals surface area contributed by atoms with Crippen molar-refractivity contribution < 1.29 is 0 Å². The van der Waals surface area contributed by atoms with Gasteiger partial charge in [0.2, 0.25) is 0 Å². The third kappa shape index (κ3) is 3.48. The number of hydrogen-bond acceptors (Lipinski definition) is 0. The molecule has 0 fully saturated rings. The molecule has 34 valence electrons. The molecule has 0 saturated heterocycles. The van der Waals surface area contributed by atoms with Gasteiger partial charge in [-0.1, -0.05) is 24.3 Å². The molecule has 0 spiro atoms. The molecule has 0 rings (SSSR count). The highest BCUT2D eigenvalue weighted by Crippen LogP contribution is 1.71. The van der Waals surface area contributed by atoms with Crippen LogP contribution in [-0.2, 0) is 0 Å². The predicted octanol–water partition coefficient (Wildman–Crippen LogP) is 2.14. The van der Waals surface area contributed by atoms with Gasteiger partial charge in [-0.25, -0.2) is 0 Å². The minimum atomic E-state index is 2.00. The van der Waals surface area contributed by atoms with Gasteiger partial charge in [0.25, 0.3) is 0 Å². The first-order chi connectivity index (χ1) is 2.91. The first kappa shape index (κ1) is 5.48. The summed E-state index contributed by atoms with van der Waals surface area (Å²) in [5.41, 5.74) is 0. The highest BCUT2D eigenvalue weighted by atomic mass is 13.6. The summed E-state index contributed by atoms with van der Waals surface area (Å²) in [6.45, 7) is 4.00. The van der Waals surface area contributed by atoms with Gasteiger partial charge in [0, 0.05) is 0 Å². The van der Waals surface area contributed by atoms with Crippen molar-refractivity contribution in [1.82, 2.24) is 0 Å². The Labute approximate surface area is 39.2 Å². The monoisotopic (exact) mass is 82.1 g/mol. The third-order valence-electron chi connectivity index (χ3n) is 0.496. The van der Waals surface area contributed by atoms with E-state index in [1.165, 1.54) is 0 Å².